The molecule has 10 rings (SSSR count). The number of ketones is 1. The van der Waals surface area contributed by atoms with Gasteiger partial charge < -0.3 is 30.3 Å². The predicted molar refractivity (Wildman–Crippen MR) is 224 cm³/mol. The van der Waals surface area contributed by atoms with E-state index in [1.165, 1.54) is 144 Å². The molecular formula is C42H60N8O3S2. The lowest BCUT2D eigenvalue weighted by Gasteiger charge is -2.40. The minimum atomic E-state index is 0.339. The minimum absolute atomic E-state index is 0.339. The molecule has 11 nitrogen and oxygen atoms in total. The normalized spacial score (nSPS) is 25.5. The number of ether oxygens (including phenoxy) is 2. The van der Waals surface area contributed by atoms with E-state index in [-0.39, 0.29) is 0 Å². The van der Waals surface area contributed by atoms with Crippen molar-refractivity contribution in [3.8, 4) is 0 Å². The maximum absolute atomic E-state index is 10.4. The number of hydrogen-bond donors (Lipinski definition) is 3. The number of aryl methyl sites for hydroxylation is 4. The van der Waals surface area contributed by atoms with Crippen molar-refractivity contribution < 1.29 is 14.3 Å². The van der Waals surface area contributed by atoms with Crippen LogP contribution < -0.4 is 16.0 Å². The SMILES string of the molecule is CN(C1CCOCC1)C1CCC(Nc2ncnc3sc4c(c23)CCC4)CC1.CNC1CCC(Nc2ncnc3sc4c(c23)CCC4)CC1.O=C1CCOCC1. The minimum Gasteiger partial charge on any atom is -0.381 e. The Labute approximate surface area is 334 Å². The quantitative estimate of drug-likeness (QED) is 0.172. The van der Waals surface area contributed by atoms with Crippen LogP contribution in [0.2, 0.25) is 0 Å². The average Bonchev–Trinajstić information content (AvgIpc) is 4.02. The summed E-state index contributed by atoms with van der Waals surface area (Å²) in [6, 6.07) is 3.23. The summed E-state index contributed by atoms with van der Waals surface area (Å²) in [4.78, 5) is 36.7. The first-order chi connectivity index (χ1) is 27.0. The molecular weight excluding hydrogens is 729 g/mol. The standard InChI is InChI=1S/C21H30N4OS.C16H22N4S.C5H8O2/c1-25(16-9-11-26-12-10-16)15-7-5-14(6-8-15)24-20-19-17-3-2-4-18(17)27-21(19)23-13-22-20;1-17-10-5-7-11(8-6-10)20-15-14-12-3-2-4-13(12)21-16(14)19-9-18-15;6-5-1-3-7-4-2-5/h13-16H,2-12H2,1H3,(H,22,23,24);9-11,17H,2-8H2,1H3,(H,18,19,20);1-4H2. The van der Waals surface area contributed by atoms with Gasteiger partial charge in [0.1, 0.15) is 39.7 Å². The summed E-state index contributed by atoms with van der Waals surface area (Å²) in [6.07, 6.45) is 24.5. The molecule has 55 heavy (non-hydrogen) atoms. The molecule has 2 saturated carbocycles. The average molecular weight is 789 g/mol. The molecule has 4 aromatic heterocycles. The van der Waals surface area contributed by atoms with Crippen molar-refractivity contribution in [2.24, 2.45) is 0 Å². The first-order valence-electron chi connectivity index (χ1n) is 21.1. The Kier molecular flexibility index (Phi) is 13.2. The highest BCUT2D eigenvalue weighted by Gasteiger charge is 2.30. The van der Waals surface area contributed by atoms with Crippen LogP contribution in [0.4, 0.5) is 11.6 Å². The van der Waals surface area contributed by atoms with E-state index < -0.39 is 0 Å². The number of Topliss-reactive ketones (excluding diaryl/α,β-unsaturated/α-hetero) is 1. The number of carbonyl (C=O) groups is 1. The number of nitrogens with zero attached hydrogens (tertiary/aromatic N) is 5. The Hall–Kier alpha value is -2.81. The molecule has 4 fully saturated rings. The molecule has 6 aliphatic rings. The first-order valence-corrected chi connectivity index (χ1v) is 22.8. The number of rotatable bonds is 7. The van der Waals surface area contributed by atoms with E-state index in [0.717, 1.165) is 30.9 Å². The van der Waals surface area contributed by atoms with Crippen LogP contribution in [0.3, 0.4) is 0 Å². The van der Waals surface area contributed by atoms with Crippen LogP contribution in [0.15, 0.2) is 12.7 Å². The molecule has 0 amide bonds. The lowest BCUT2D eigenvalue weighted by atomic mass is 9.89. The Morgan fingerprint density at radius 1 is 0.600 bits per heavy atom. The molecule has 0 atom stereocenters. The summed E-state index contributed by atoms with van der Waals surface area (Å²) in [5, 5.41) is 13.5. The second kappa shape index (κ2) is 18.6. The third-order valence-electron chi connectivity index (χ3n) is 12.9. The summed E-state index contributed by atoms with van der Waals surface area (Å²) >= 11 is 3.74. The lowest BCUT2D eigenvalue weighted by Crippen LogP contribution is -2.45. The molecule has 4 aromatic rings. The summed E-state index contributed by atoms with van der Waals surface area (Å²) in [6.45, 7) is 3.14. The lowest BCUT2D eigenvalue weighted by molar-refractivity contribution is -0.124. The highest BCUT2D eigenvalue weighted by Crippen LogP contribution is 2.41. The number of aromatic nitrogens is 4. The van der Waals surface area contributed by atoms with Crippen LogP contribution in [0.1, 0.15) is 111 Å². The molecule has 0 spiro atoms. The van der Waals surface area contributed by atoms with Gasteiger partial charge in [0.2, 0.25) is 0 Å². The molecule has 2 aliphatic heterocycles. The van der Waals surface area contributed by atoms with Crippen LogP contribution in [0.5, 0.6) is 0 Å². The molecule has 4 aliphatic carbocycles. The van der Waals surface area contributed by atoms with Gasteiger partial charge in [0.25, 0.3) is 0 Å². The zero-order valence-electron chi connectivity index (χ0n) is 32.9. The van der Waals surface area contributed by atoms with Gasteiger partial charge in [-0.3, -0.25) is 4.79 Å². The number of thiophene rings is 2. The Morgan fingerprint density at radius 2 is 1.07 bits per heavy atom. The molecule has 0 aromatic carbocycles. The first kappa shape index (κ1) is 39.0. The van der Waals surface area contributed by atoms with E-state index in [2.05, 4.69) is 54.9 Å². The van der Waals surface area contributed by atoms with Gasteiger partial charge in [-0.2, -0.15) is 0 Å². The van der Waals surface area contributed by atoms with E-state index >= 15 is 0 Å². The Morgan fingerprint density at radius 3 is 1.56 bits per heavy atom. The van der Waals surface area contributed by atoms with E-state index in [1.807, 2.05) is 22.7 Å². The number of hydrogen-bond acceptors (Lipinski definition) is 13. The van der Waals surface area contributed by atoms with Crippen LogP contribution in [0.25, 0.3) is 20.4 Å². The largest absolute Gasteiger partial charge is 0.381 e. The van der Waals surface area contributed by atoms with Gasteiger partial charge in [-0.25, -0.2) is 19.9 Å². The van der Waals surface area contributed by atoms with Gasteiger partial charge in [-0.1, -0.05) is 0 Å². The van der Waals surface area contributed by atoms with E-state index in [1.54, 1.807) is 12.7 Å². The van der Waals surface area contributed by atoms with Crippen LogP contribution in [0, 0.1) is 0 Å². The molecule has 298 valence electrons. The number of fused-ring (bicyclic) bond motifs is 6. The van der Waals surface area contributed by atoms with Crippen molar-refractivity contribution in [1.29, 1.82) is 0 Å². The fourth-order valence-electron chi connectivity index (χ4n) is 9.61. The number of carbonyl (C=O) groups excluding carboxylic acids is 1. The fraction of sp³-hybridized carbons (Fsp3) is 0.690. The summed E-state index contributed by atoms with van der Waals surface area (Å²) in [5.41, 5.74) is 3.04. The van der Waals surface area contributed by atoms with Crippen LogP contribution in [-0.4, -0.2) is 101 Å². The summed E-state index contributed by atoms with van der Waals surface area (Å²) < 4.78 is 10.5. The molecule has 3 N–H and O–H groups in total. The second-order valence-electron chi connectivity index (χ2n) is 16.3. The predicted octanol–water partition coefficient (Wildman–Crippen LogP) is 7.50. The highest BCUT2D eigenvalue weighted by molar-refractivity contribution is 7.19. The molecule has 0 bridgehead atoms. The van der Waals surface area contributed by atoms with Crippen molar-refractivity contribution >= 4 is 60.5 Å². The highest BCUT2D eigenvalue weighted by atomic mass is 32.1. The van der Waals surface area contributed by atoms with Crippen molar-refractivity contribution in [2.75, 3.05) is 51.2 Å². The van der Waals surface area contributed by atoms with Crippen LogP contribution in [-0.2, 0) is 40.0 Å². The van der Waals surface area contributed by atoms with Gasteiger partial charge in [-0.15, -0.1) is 22.7 Å². The third kappa shape index (κ3) is 9.33. The summed E-state index contributed by atoms with van der Waals surface area (Å²) in [7, 11) is 4.40. The van der Waals surface area contributed by atoms with Crippen LogP contribution >= 0.6 is 22.7 Å². The third-order valence-corrected chi connectivity index (χ3v) is 15.3. The van der Waals surface area contributed by atoms with Crippen molar-refractivity contribution in [3.05, 3.63) is 33.5 Å². The Bertz CT molecular complexity index is 1870. The number of anilines is 2. The van der Waals surface area contributed by atoms with Gasteiger partial charge in [0.05, 0.1) is 24.0 Å². The molecule has 2 saturated heterocycles. The molecule has 0 unspecified atom stereocenters. The topological polar surface area (TPSA) is 126 Å². The summed E-state index contributed by atoms with van der Waals surface area (Å²) in [5.74, 6) is 2.50. The van der Waals surface area contributed by atoms with Gasteiger partial charge >= 0.3 is 0 Å². The maximum Gasteiger partial charge on any atom is 0.138 e. The van der Waals surface area contributed by atoms with E-state index in [9.17, 15) is 4.79 Å². The van der Waals surface area contributed by atoms with Gasteiger partial charge in [0, 0.05) is 66.0 Å². The fourth-order valence-corrected chi connectivity index (χ4v) is 12.1. The molecule has 0 radical (unpaired) electrons. The van der Waals surface area contributed by atoms with Gasteiger partial charge in [-0.05, 0) is 128 Å². The van der Waals surface area contributed by atoms with Gasteiger partial charge in [0.15, 0.2) is 0 Å². The van der Waals surface area contributed by atoms with E-state index in [4.69, 9.17) is 9.47 Å². The van der Waals surface area contributed by atoms with Crippen molar-refractivity contribution in [2.45, 2.75) is 146 Å². The molecule has 13 heteroatoms. The molecule has 6 heterocycles. The van der Waals surface area contributed by atoms with Crippen molar-refractivity contribution in [3.63, 3.8) is 0 Å². The Balaban J connectivity index is 0.000000135. The smallest absolute Gasteiger partial charge is 0.138 e. The zero-order chi connectivity index (χ0) is 37.6. The monoisotopic (exact) mass is 788 g/mol. The number of nitrogens with one attached hydrogen (secondary N) is 3. The van der Waals surface area contributed by atoms with E-state index in [0.29, 0.717) is 56.0 Å². The van der Waals surface area contributed by atoms with Crippen molar-refractivity contribution in [1.82, 2.24) is 30.2 Å². The maximum atomic E-state index is 10.4. The zero-order valence-corrected chi connectivity index (χ0v) is 34.5. The second-order valence-corrected chi connectivity index (χ2v) is 18.5.